The third-order valence-electron chi connectivity index (χ3n) is 4.19. The molecule has 28 heavy (non-hydrogen) atoms. The summed E-state index contributed by atoms with van der Waals surface area (Å²) < 4.78 is 32.9. The van der Waals surface area contributed by atoms with Crippen LogP contribution in [0.4, 0.5) is 17.2 Å². The van der Waals surface area contributed by atoms with Crippen LogP contribution in [0.25, 0.3) is 0 Å². The topological polar surface area (TPSA) is 80.3 Å². The lowest BCUT2D eigenvalue weighted by atomic mass is 10.1. The monoisotopic (exact) mass is 397 g/mol. The molecule has 0 atom stereocenters. The summed E-state index contributed by atoms with van der Waals surface area (Å²) >= 11 is 0. The van der Waals surface area contributed by atoms with Crippen molar-refractivity contribution < 1.29 is 13.2 Å². The summed E-state index contributed by atoms with van der Waals surface area (Å²) in [5, 5.41) is 3.27. The second kappa shape index (κ2) is 7.90. The van der Waals surface area contributed by atoms with Gasteiger partial charge in [0.15, 0.2) is 0 Å². The summed E-state index contributed by atoms with van der Waals surface area (Å²) in [4.78, 5) is 4.37. The van der Waals surface area contributed by atoms with Crippen LogP contribution in [0.1, 0.15) is 16.7 Å². The summed E-state index contributed by atoms with van der Waals surface area (Å²) in [6.45, 7) is 5.87. The highest BCUT2D eigenvalue weighted by atomic mass is 32.2. The molecule has 0 spiro atoms. The molecule has 0 aliphatic carbocycles. The minimum Gasteiger partial charge on any atom is -0.496 e. The summed E-state index contributed by atoms with van der Waals surface area (Å²) in [5.41, 5.74) is 4.80. The Morgan fingerprint density at radius 1 is 0.893 bits per heavy atom. The molecule has 0 aliphatic heterocycles. The van der Waals surface area contributed by atoms with Crippen LogP contribution in [0.15, 0.2) is 59.6 Å². The van der Waals surface area contributed by atoms with Crippen molar-refractivity contribution in [2.75, 3.05) is 17.1 Å². The Morgan fingerprint density at radius 3 is 2.18 bits per heavy atom. The number of nitrogens with zero attached hydrogens (tertiary/aromatic N) is 1. The molecule has 0 amide bonds. The molecule has 2 aromatic carbocycles. The van der Waals surface area contributed by atoms with E-state index in [0.29, 0.717) is 5.75 Å². The van der Waals surface area contributed by atoms with Gasteiger partial charge in [-0.1, -0.05) is 6.07 Å². The number of pyridine rings is 1. The Labute approximate surface area is 165 Å². The van der Waals surface area contributed by atoms with Crippen molar-refractivity contribution in [3.05, 3.63) is 71.4 Å². The number of nitrogens with one attached hydrogen (secondary N) is 2. The normalized spacial score (nSPS) is 11.1. The zero-order valence-electron chi connectivity index (χ0n) is 16.3. The lowest BCUT2D eigenvalue weighted by molar-refractivity contribution is 0.411. The number of aryl methyl sites for hydroxylation is 3. The molecule has 0 aliphatic rings. The van der Waals surface area contributed by atoms with Crippen LogP contribution in [-0.4, -0.2) is 20.5 Å². The van der Waals surface area contributed by atoms with Crippen LogP contribution in [0.3, 0.4) is 0 Å². The molecule has 0 saturated heterocycles. The van der Waals surface area contributed by atoms with Gasteiger partial charge in [0.05, 0.1) is 23.9 Å². The van der Waals surface area contributed by atoms with E-state index in [-0.39, 0.29) is 10.7 Å². The second-order valence-corrected chi connectivity index (χ2v) is 8.35. The second-order valence-electron chi connectivity index (χ2n) is 6.67. The van der Waals surface area contributed by atoms with Crippen molar-refractivity contribution in [3.8, 4) is 5.75 Å². The molecule has 0 unspecified atom stereocenters. The van der Waals surface area contributed by atoms with E-state index in [9.17, 15) is 8.42 Å². The fourth-order valence-corrected chi connectivity index (χ4v) is 4.05. The van der Waals surface area contributed by atoms with Gasteiger partial charge in [0.1, 0.15) is 11.6 Å². The van der Waals surface area contributed by atoms with Gasteiger partial charge in [0.25, 0.3) is 10.0 Å². The van der Waals surface area contributed by atoms with Gasteiger partial charge >= 0.3 is 0 Å². The fraction of sp³-hybridized carbons (Fsp3) is 0.190. The van der Waals surface area contributed by atoms with Crippen LogP contribution in [0.2, 0.25) is 0 Å². The van der Waals surface area contributed by atoms with Gasteiger partial charge in [-0.15, -0.1) is 0 Å². The van der Waals surface area contributed by atoms with Gasteiger partial charge in [-0.05, 0) is 79.9 Å². The Hall–Kier alpha value is -3.06. The first-order chi connectivity index (χ1) is 13.3. The standard InChI is InChI=1S/C21H23N3O3S/c1-14-9-15(2)11-18(10-14)23-17-5-8-21(22-13-17)24-28(25,26)19-6-7-20(27-4)16(3)12-19/h5-13,23H,1-4H3,(H,22,24). The van der Waals surface area contributed by atoms with Crippen LogP contribution in [0.5, 0.6) is 5.75 Å². The average Bonchev–Trinajstić information content (AvgIpc) is 2.62. The number of aromatic nitrogens is 1. The van der Waals surface area contributed by atoms with Crippen molar-refractivity contribution in [3.63, 3.8) is 0 Å². The summed E-state index contributed by atoms with van der Waals surface area (Å²) in [5.74, 6) is 0.887. The molecule has 2 N–H and O–H groups in total. The highest BCUT2D eigenvalue weighted by Gasteiger charge is 2.16. The van der Waals surface area contributed by atoms with Gasteiger partial charge in [-0.3, -0.25) is 4.72 Å². The number of methoxy groups -OCH3 is 1. The van der Waals surface area contributed by atoms with Crippen molar-refractivity contribution in [1.82, 2.24) is 4.98 Å². The molecule has 0 bridgehead atoms. The zero-order valence-corrected chi connectivity index (χ0v) is 17.1. The van der Waals surface area contributed by atoms with Crippen molar-refractivity contribution in [2.24, 2.45) is 0 Å². The van der Waals surface area contributed by atoms with E-state index in [0.717, 1.165) is 28.1 Å². The van der Waals surface area contributed by atoms with Gasteiger partial charge in [0.2, 0.25) is 0 Å². The molecule has 0 radical (unpaired) electrons. The van der Waals surface area contributed by atoms with Crippen LogP contribution >= 0.6 is 0 Å². The van der Waals surface area contributed by atoms with Crippen LogP contribution < -0.4 is 14.8 Å². The van der Waals surface area contributed by atoms with E-state index < -0.39 is 10.0 Å². The largest absolute Gasteiger partial charge is 0.496 e. The SMILES string of the molecule is COc1ccc(S(=O)(=O)Nc2ccc(Nc3cc(C)cc(C)c3)cn2)cc1C. The molecule has 3 rings (SSSR count). The first-order valence-corrected chi connectivity index (χ1v) is 10.2. The van der Waals surface area contributed by atoms with Crippen LogP contribution in [-0.2, 0) is 10.0 Å². The predicted octanol–water partition coefficient (Wildman–Crippen LogP) is 4.56. The number of hydrogen-bond donors (Lipinski definition) is 2. The number of rotatable bonds is 6. The first kappa shape index (κ1) is 19.7. The van der Waals surface area contributed by atoms with Crippen molar-refractivity contribution >= 4 is 27.2 Å². The van der Waals surface area contributed by atoms with E-state index in [1.807, 2.05) is 26.0 Å². The quantitative estimate of drug-likeness (QED) is 0.637. The summed E-state index contributed by atoms with van der Waals surface area (Å²) in [6.07, 6.45) is 1.59. The fourth-order valence-electron chi connectivity index (χ4n) is 2.96. The zero-order chi connectivity index (χ0) is 20.3. The van der Waals surface area contributed by atoms with Crippen molar-refractivity contribution in [1.29, 1.82) is 0 Å². The minimum absolute atomic E-state index is 0.157. The molecular weight excluding hydrogens is 374 g/mol. The Bertz CT molecular complexity index is 1070. The maximum absolute atomic E-state index is 12.6. The van der Waals surface area contributed by atoms with E-state index in [4.69, 9.17) is 4.74 Å². The molecular formula is C21H23N3O3S. The Kier molecular flexibility index (Phi) is 5.56. The van der Waals surface area contributed by atoms with Gasteiger partial charge in [-0.25, -0.2) is 13.4 Å². The molecule has 7 heteroatoms. The molecule has 6 nitrogen and oxygen atoms in total. The summed E-state index contributed by atoms with van der Waals surface area (Å²) in [6, 6.07) is 14.3. The van der Waals surface area contributed by atoms with Gasteiger partial charge in [0, 0.05) is 5.69 Å². The summed E-state index contributed by atoms with van der Waals surface area (Å²) in [7, 11) is -2.18. The first-order valence-electron chi connectivity index (χ1n) is 8.76. The van der Waals surface area contributed by atoms with Crippen molar-refractivity contribution in [2.45, 2.75) is 25.7 Å². The highest BCUT2D eigenvalue weighted by molar-refractivity contribution is 7.92. The minimum atomic E-state index is -3.73. The lowest BCUT2D eigenvalue weighted by Crippen LogP contribution is -2.14. The molecule has 0 saturated carbocycles. The molecule has 0 fully saturated rings. The predicted molar refractivity (Wildman–Crippen MR) is 112 cm³/mol. The Balaban J connectivity index is 1.75. The van der Waals surface area contributed by atoms with Gasteiger partial charge in [-0.2, -0.15) is 0 Å². The third kappa shape index (κ3) is 4.61. The lowest BCUT2D eigenvalue weighted by Gasteiger charge is -2.11. The number of hydrogen-bond acceptors (Lipinski definition) is 5. The van der Waals surface area contributed by atoms with Gasteiger partial charge < -0.3 is 10.1 Å². The van der Waals surface area contributed by atoms with E-state index in [1.54, 1.807) is 44.5 Å². The molecule has 1 heterocycles. The van der Waals surface area contributed by atoms with E-state index in [1.165, 1.54) is 6.07 Å². The average molecular weight is 398 g/mol. The molecule has 1 aromatic heterocycles. The maximum Gasteiger partial charge on any atom is 0.263 e. The Morgan fingerprint density at radius 2 is 1.61 bits per heavy atom. The van der Waals surface area contributed by atoms with Crippen LogP contribution in [0, 0.1) is 20.8 Å². The van der Waals surface area contributed by atoms with E-state index in [2.05, 4.69) is 21.1 Å². The smallest absolute Gasteiger partial charge is 0.263 e. The number of anilines is 3. The molecule has 146 valence electrons. The number of benzene rings is 2. The highest BCUT2D eigenvalue weighted by Crippen LogP contribution is 2.24. The molecule has 3 aromatic rings. The number of sulfonamides is 1. The third-order valence-corrected chi connectivity index (χ3v) is 5.54. The number of ether oxygens (including phenoxy) is 1. The van der Waals surface area contributed by atoms with E-state index >= 15 is 0 Å². The maximum atomic E-state index is 12.6.